The topological polar surface area (TPSA) is 42.1 Å². The molecule has 100 valence electrons. The van der Waals surface area contributed by atoms with Crippen LogP contribution in [0, 0.1) is 19.8 Å². The van der Waals surface area contributed by atoms with Crippen LogP contribution in [0.15, 0.2) is 6.07 Å². The van der Waals surface area contributed by atoms with E-state index < -0.39 is 0 Å². The predicted octanol–water partition coefficient (Wildman–Crippen LogP) is 2.81. The lowest BCUT2D eigenvalue weighted by molar-refractivity contribution is 0.502. The van der Waals surface area contributed by atoms with Gasteiger partial charge in [-0.25, -0.2) is 4.98 Å². The number of hydrogen-bond acceptors (Lipinski definition) is 3. The van der Waals surface area contributed by atoms with Crippen molar-refractivity contribution in [3.63, 3.8) is 0 Å². The van der Waals surface area contributed by atoms with Crippen molar-refractivity contribution in [1.29, 1.82) is 0 Å². The average Bonchev–Trinajstić information content (AvgIpc) is 2.24. The molecule has 0 saturated carbocycles. The van der Waals surface area contributed by atoms with Gasteiger partial charge in [-0.15, -0.1) is 0 Å². The number of thiocarbonyl (C=S) groups is 1. The molecule has 1 aromatic rings. The predicted molar refractivity (Wildman–Crippen MR) is 82.3 cm³/mol. The summed E-state index contributed by atoms with van der Waals surface area (Å²) in [7, 11) is 2.05. The second-order valence-corrected chi connectivity index (χ2v) is 5.68. The first-order valence-corrected chi connectivity index (χ1v) is 6.67. The summed E-state index contributed by atoms with van der Waals surface area (Å²) in [5.74, 6) is 1.43. The van der Waals surface area contributed by atoms with Crippen molar-refractivity contribution in [2.75, 3.05) is 11.9 Å². The zero-order valence-electron chi connectivity index (χ0n) is 12.1. The highest BCUT2D eigenvalue weighted by atomic mass is 32.1. The Morgan fingerprint density at radius 2 is 1.89 bits per heavy atom. The van der Waals surface area contributed by atoms with Gasteiger partial charge in [0.25, 0.3) is 0 Å². The number of aryl methyl sites for hydroxylation is 2. The lowest BCUT2D eigenvalue weighted by atomic mass is 10.0. The standard InChI is InChI=1S/C14H23N3S/c1-8(2)11(5)17(6)14-12(13(15)18)9(3)7-10(4)16-14/h7-8,11H,1-6H3,(H2,15,18). The molecule has 1 rings (SSSR count). The van der Waals surface area contributed by atoms with E-state index in [4.69, 9.17) is 18.0 Å². The minimum absolute atomic E-state index is 0.381. The first kappa shape index (κ1) is 14.9. The molecule has 1 unspecified atom stereocenters. The van der Waals surface area contributed by atoms with E-state index in [0.717, 1.165) is 22.6 Å². The third-order valence-electron chi connectivity index (χ3n) is 3.48. The van der Waals surface area contributed by atoms with Gasteiger partial charge in [-0.3, -0.25) is 0 Å². The third-order valence-corrected chi connectivity index (χ3v) is 3.69. The number of nitrogens with zero attached hydrogens (tertiary/aromatic N) is 2. The number of pyridine rings is 1. The zero-order valence-corrected chi connectivity index (χ0v) is 12.9. The summed E-state index contributed by atoms with van der Waals surface area (Å²) in [4.78, 5) is 7.20. The van der Waals surface area contributed by atoms with Crippen molar-refractivity contribution in [2.45, 2.75) is 40.7 Å². The fraction of sp³-hybridized carbons (Fsp3) is 0.571. The third kappa shape index (κ3) is 2.99. The first-order chi connectivity index (χ1) is 8.25. The molecule has 0 amide bonds. The van der Waals surface area contributed by atoms with Crippen LogP contribution >= 0.6 is 12.2 Å². The van der Waals surface area contributed by atoms with Gasteiger partial charge in [0.2, 0.25) is 0 Å². The Morgan fingerprint density at radius 3 is 2.33 bits per heavy atom. The van der Waals surface area contributed by atoms with Crippen molar-refractivity contribution in [3.8, 4) is 0 Å². The maximum atomic E-state index is 5.84. The van der Waals surface area contributed by atoms with Crippen molar-refractivity contribution in [3.05, 3.63) is 22.9 Å². The Bertz CT molecular complexity index is 455. The van der Waals surface area contributed by atoms with Crippen molar-refractivity contribution in [2.24, 2.45) is 11.7 Å². The van der Waals surface area contributed by atoms with Crippen LogP contribution in [0.5, 0.6) is 0 Å². The van der Waals surface area contributed by atoms with Crippen LogP contribution in [0.25, 0.3) is 0 Å². The molecule has 0 spiro atoms. The molecule has 18 heavy (non-hydrogen) atoms. The molecule has 0 bridgehead atoms. The largest absolute Gasteiger partial charge is 0.389 e. The molecule has 0 aliphatic heterocycles. The highest BCUT2D eigenvalue weighted by molar-refractivity contribution is 7.80. The van der Waals surface area contributed by atoms with Gasteiger partial charge in [0.05, 0.1) is 5.56 Å². The van der Waals surface area contributed by atoms with E-state index in [-0.39, 0.29) is 0 Å². The van der Waals surface area contributed by atoms with Crippen LogP contribution in [0.4, 0.5) is 5.82 Å². The molecule has 0 saturated heterocycles. The average molecular weight is 265 g/mol. The molecule has 0 aliphatic rings. The lowest BCUT2D eigenvalue weighted by Crippen LogP contribution is -2.35. The van der Waals surface area contributed by atoms with Crippen molar-refractivity contribution < 1.29 is 0 Å². The summed E-state index contributed by atoms with van der Waals surface area (Å²) in [6, 6.07) is 2.40. The van der Waals surface area contributed by atoms with E-state index in [9.17, 15) is 0 Å². The minimum atomic E-state index is 0.381. The van der Waals surface area contributed by atoms with Crippen LogP contribution in [0.2, 0.25) is 0 Å². The van der Waals surface area contributed by atoms with Crippen LogP contribution in [0.3, 0.4) is 0 Å². The summed E-state index contributed by atoms with van der Waals surface area (Å²) < 4.78 is 0. The summed E-state index contributed by atoms with van der Waals surface area (Å²) >= 11 is 5.16. The summed E-state index contributed by atoms with van der Waals surface area (Å²) in [5, 5.41) is 0. The lowest BCUT2D eigenvalue weighted by Gasteiger charge is -2.31. The van der Waals surface area contributed by atoms with Crippen molar-refractivity contribution >= 4 is 23.0 Å². The summed E-state index contributed by atoms with van der Waals surface area (Å²) in [6.45, 7) is 10.6. The zero-order chi connectivity index (χ0) is 14.0. The van der Waals surface area contributed by atoms with Crippen LogP contribution < -0.4 is 10.6 Å². The molecule has 0 fully saturated rings. The molecule has 0 aliphatic carbocycles. The van der Waals surface area contributed by atoms with E-state index in [0.29, 0.717) is 16.9 Å². The Kier molecular flexibility index (Phi) is 4.68. The van der Waals surface area contributed by atoms with Gasteiger partial charge in [0, 0.05) is 18.8 Å². The number of aromatic nitrogens is 1. The maximum absolute atomic E-state index is 5.84. The van der Waals surface area contributed by atoms with E-state index >= 15 is 0 Å². The molecular formula is C14H23N3S. The van der Waals surface area contributed by atoms with E-state index in [1.54, 1.807) is 0 Å². The van der Waals surface area contributed by atoms with Crippen LogP contribution in [-0.4, -0.2) is 23.1 Å². The van der Waals surface area contributed by atoms with Crippen LogP contribution in [0.1, 0.15) is 37.6 Å². The number of nitrogens with two attached hydrogens (primary N) is 1. The van der Waals surface area contributed by atoms with Gasteiger partial charge in [-0.2, -0.15) is 0 Å². The number of anilines is 1. The maximum Gasteiger partial charge on any atom is 0.139 e. The van der Waals surface area contributed by atoms with Gasteiger partial charge >= 0.3 is 0 Å². The van der Waals surface area contributed by atoms with Gasteiger partial charge in [-0.05, 0) is 38.3 Å². The van der Waals surface area contributed by atoms with Gasteiger partial charge in [0.1, 0.15) is 10.8 Å². The normalized spacial score (nSPS) is 12.6. The van der Waals surface area contributed by atoms with E-state index in [2.05, 4.69) is 30.7 Å². The Balaban J connectivity index is 3.34. The number of hydrogen-bond donors (Lipinski definition) is 1. The number of rotatable bonds is 4. The van der Waals surface area contributed by atoms with Crippen molar-refractivity contribution in [1.82, 2.24) is 4.98 Å². The summed E-state index contributed by atoms with van der Waals surface area (Å²) in [6.07, 6.45) is 0. The van der Waals surface area contributed by atoms with Crippen LogP contribution in [-0.2, 0) is 0 Å². The second-order valence-electron chi connectivity index (χ2n) is 5.24. The fourth-order valence-corrected chi connectivity index (χ4v) is 2.27. The second kappa shape index (κ2) is 5.65. The molecule has 3 nitrogen and oxygen atoms in total. The Hall–Kier alpha value is -1.16. The minimum Gasteiger partial charge on any atom is -0.389 e. The molecular weight excluding hydrogens is 242 g/mol. The van der Waals surface area contributed by atoms with E-state index in [1.165, 1.54) is 0 Å². The molecule has 0 aromatic carbocycles. The smallest absolute Gasteiger partial charge is 0.139 e. The molecule has 1 atom stereocenters. The van der Waals surface area contributed by atoms with E-state index in [1.807, 2.05) is 27.0 Å². The SMILES string of the molecule is Cc1cc(C)c(C(N)=S)c(N(C)C(C)C(C)C)n1. The highest BCUT2D eigenvalue weighted by Gasteiger charge is 2.20. The van der Waals surface area contributed by atoms with Gasteiger partial charge in [0.15, 0.2) is 0 Å². The monoisotopic (exact) mass is 265 g/mol. The molecule has 2 N–H and O–H groups in total. The highest BCUT2D eigenvalue weighted by Crippen LogP contribution is 2.25. The molecule has 1 heterocycles. The molecule has 1 aromatic heterocycles. The fourth-order valence-electron chi connectivity index (χ4n) is 2.02. The quantitative estimate of drug-likeness (QED) is 0.850. The Labute approximate surface area is 115 Å². The van der Waals surface area contributed by atoms with Gasteiger partial charge in [-0.1, -0.05) is 26.1 Å². The first-order valence-electron chi connectivity index (χ1n) is 6.26. The summed E-state index contributed by atoms with van der Waals surface area (Å²) in [5.41, 5.74) is 8.82. The molecule has 4 heteroatoms. The molecule has 0 radical (unpaired) electrons. The van der Waals surface area contributed by atoms with Gasteiger partial charge < -0.3 is 10.6 Å². The Morgan fingerprint density at radius 1 is 1.33 bits per heavy atom.